The van der Waals surface area contributed by atoms with Gasteiger partial charge < -0.3 is 21.3 Å². The number of nitrogens with two attached hydrogens (primary N) is 1. The Kier molecular flexibility index (Phi) is 5.16. The fourth-order valence-corrected chi connectivity index (χ4v) is 4.23. The number of amides is 1. The molecular weight excluding hydrogens is 378 g/mol. The zero-order valence-corrected chi connectivity index (χ0v) is 17.2. The molecule has 2 aromatic rings. The first-order chi connectivity index (χ1) is 14.6. The quantitative estimate of drug-likeness (QED) is 0.677. The summed E-state index contributed by atoms with van der Waals surface area (Å²) in [6.45, 7) is 4.63. The van der Waals surface area contributed by atoms with Crippen LogP contribution in [-0.2, 0) is 17.9 Å². The zero-order chi connectivity index (χ0) is 20.5. The third-order valence-electron chi connectivity index (χ3n) is 5.97. The molecule has 30 heavy (non-hydrogen) atoms. The van der Waals surface area contributed by atoms with Crippen molar-refractivity contribution < 1.29 is 4.79 Å². The molecule has 8 heteroatoms. The summed E-state index contributed by atoms with van der Waals surface area (Å²) in [5, 5.41) is 6.22. The van der Waals surface area contributed by atoms with Gasteiger partial charge in [-0.1, -0.05) is 24.3 Å². The van der Waals surface area contributed by atoms with Gasteiger partial charge >= 0.3 is 0 Å². The monoisotopic (exact) mass is 407 g/mol. The number of fused-ring (bicyclic) bond motifs is 1. The van der Waals surface area contributed by atoms with Crippen molar-refractivity contribution in [3.8, 4) is 0 Å². The fourth-order valence-electron chi connectivity index (χ4n) is 4.23. The van der Waals surface area contributed by atoms with Gasteiger partial charge in [-0.3, -0.25) is 9.69 Å². The molecule has 0 spiro atoms. The van der Waals surface area contributed by atoms with Crippen molar-refractivity contribution in [2.75, 3.05) is 40.9 Å². The minimum Gasteiger partial charge on any atom is -0.382 e. The highest BCUT2D eigenvalue weighted by atomic mass is 16.1. The summed E-state index contributed by atoms with van der Waals surface area (Å²) in [7, 11) is 0. The maximum absolute atomic E-state index is 12.2. The van der Waals surface area contributed by atoms with Gasteiger partial charge in [0.25, 0.3) is 0 Å². The maximum atomic E-state index is 12.2. The predicted molar refractivity (Wildman–Crippen MR) is 118 cm³/mol. The lowest BCUT2D eigenvalue weighted by Gasteiger charge is -2.24. The van der Waals surface area contributed by atoms with E-state index < -0.39 is 0 Å². The first-order valence-electron chi connectivity index (χ1n) is 10.9. The summed E-state index contributed by atoms with van der Waals surface area (Å²) in [4.78, 5) is 26.0. The molecule has 0 atom stereocenters. The molecule has 5 rings (SSSR count). The number of benzene rings is 1. The number of carbonyl (C=O) groups excluding carboxylic acids is 1. The Balaban J connectivity index is 1.40. The molecule has 1 saturated heterocycles. The van der Waals surface area contributed by atoms with E-state index in [1.54, 1.807) is 0 Å². The van der Waals surface area contributed by atoms with Crippen LogP contribution in [0, 0.1) is 0 Å². The number of anilines is 4. The van der Waals surface area contributed by atoms with Crippen LogP contribution in [0.25, 0.3) is 0 Å². The predicted octanol–water partition coefficient (Wildman–Crippen LogP) is 2.58. The van der Waals surface area contributed by atoms with Gasteiger partial charge in [0.15, 0.2) is 11.6 Å². The van der Waals surface area contributed by atoms with Crippen LogP contribution < -0.4 is 21.3 Å². The molecule has 8 nitrogen and oxygen atoms in total. The topological polar surface area (TPSA) is 99.4 Å². The Hall–Kier alpha value is -2.87. The highest BCUT2D eigenvalue weighted by Gasteiger charge is 2.27. The van der Waals surface area contributed by atoms with Crippen LogP contribution in [0.2, 0.25) is 0 Å². The van der Waals surface area contributed by atoms with Crippen LogP contribution in [0.15, 0.2) is 24.3 Å². The molecule has 3 heterocycles. The number of hydrogen-bond donors (Lipinski definition) is 3. The number of likely N-dealkylation sites (tertiary alicyclic amines) is 1. The number of aromatic nitrogens is 2. The van der Waals surface area contributed by atoms with Crippen molar-refractivity contribution in [3.05, 3.63) is 35.4 Å². The summed E-state index contributed by atoms with van der Waals surface area (Å²) in [6, 6.07) is 9.16. The lowest BCUT2D eigenvalue weighted by Crippen LogP contribution is -2.26. The van der Waals surface area contributed by atoms with E-state index in [9.17, 15) is 4.79 Å². The summed E-state index contributed by atoms with van der Waals surface area (Å²) in [5.41, 5.74) is 9.26. The van der Waals surface area contributed by atoms with Crippen molar-refractivity contribution >= 4 is 29.2 Å². The third-order valence-corrected chi connectivity index (χ3v) is 5.97. The Morgan fingerprint density at radius 2 is 1.87 bits per heavy atom. The van der Waals surface area contributed by atoms with E-state index in [0.717, 1.165) is 19.4 Å². The lowest BCUT2D eigenvalue weighted by molar-refractivity contribution is -0.115. The van der Waals surface area contributed by atoms with E-state index in [-0.39, 0.29) is 5.91 Å². The smallest absolute Gasteiger partial charge is 0.226 e. The van der Waals surface area contributed by atoms with Gasteiger partial charge in [0, 0.05) is 32.1 Å². The van der Waals surface area contributed by atoms with E-state index in [1.807, 2.05) is 0 Å². The molecular formula is C22H29N7O. The van der Waals surface area contributed by atoms with Gasteiger partial charge in [0.2, 0.25) is 11.9 Å². The van der Waals surface area contributed by atoms with Crippen molar-refractivity contribution in [3.63, 3.8) is 0 Å². The molecule has 1 aliphatic carbocycles. The highest BCUT2D eigenvalue weighted by molar-refractivity contribution is 5.98. The van der Waals surface area contributed by atoms with E-state index >= 15 is 0 Å². The van der Waals surface area contributed by atoms with Crippen LogP contribution in [-0.4, -0.2) is 46.5 Å². The molecule has 2 aliphatic heterocycles. The van der Waals surface area contributed by atoms with Crippen LogP contribution in [0.3, 0.4) is 0 Å². The van der Waals surface area contributed by atoms with Gasteiger partial charge in [-0.05, 0) is 49.9 Å². The fraction of sp³-hybridized carbons (Fsp3) is 0.500. The molecule has 3 aliphatic rings. The average molecular weight is 408 g/mol. The van der Waals surface area contributed by atoms with E-state index in [0.29, 0.717) is 48.8 Å². The van der Waals surface area contributed by atoms with Crippen LogP contribution >= 0.6 is 0 Å². The summed E-state index contributed by atoms with van der Waals surface area (Å²) in [5.74, 6) is 1.49. The summed E-state index contributed by atoms with van der Waals surface area (Å²) < 4.78 is 0. The second-order valence-electron chi connectivity index (χ2n) is 8.57. The van der Waals surface area contributed by atoms with Gasteiger partial charge in [-0.15, -0.1) is 0 Å². The average Bonchev–Trinajstić information content (AvgIpc) is 3.42. The molecule has 4 N–H and O–H groups in total. The van der Waals surface area contributed by atoms with Crippen molar-refractivity contribution in [1.82, 2.24) is 14.9 Å². The van der Waals surface area contributed by atoms with Crippen molar-refractivity contribution in [2.24, 2.45) is 0 Å². The zero-order valence-electron chi connectivity index (χ0n) is 17.2. The van der Waals surface area contributed by atoms with Crippen molar-refractivity contribution in [1.29, 1.82) is 0 Å². The SMILES string of the molecule is Nc1nc(NC2CC2)nc2c1NC(=O)CCN2Cc1cccc(CN2CCCC2)c1. The Bertz CT molecular complexity index is 937. The first-order valence-corrected chi connectivity index (χ1v) is 10.9. The molecule has 1 saturated carbocycles. The largest absolute Gasteiger partial charge is 0.382 e. The molecule has 1 aromatic heterocycles. The Morgan fingerprint density at radius 1 is 1.10 bits per heavy atom. The molecule has 0 bridgehead atoms. The van der Waals surface area contributed by atoms with E-state index in [4.69, 9.17) is 10.7 Å². The molecule has 158 valence electrons. The minimum absolute atomic E-state index is 0.0558. The lowest BCUT2D eigenvalue weighted by atomic mass is 10.1. The number of carbonyl (C=O) groups is 1. The first kappa shape index (κ1) is 19.1. The normalized spacial score (nSPS) is 19.3. The van der Waals surface area contributed by atoms with E-state index in [2.05, 4.69) is 49.7 Å². The number of nitrogens with zero attached hydrogens (tertiary/aromatic N) is 4. The van der Waals surface area contributed by atoms with Crippen LogP contribution in [0.5, 0.6) is 0 Å². The number of nitrogen functional groups attached to an aromatic ring is 1. The molecule has 0 unspecified atom stereocenters. The van der Waals surface area contributed by atoms with Gasteiger partial charge in [-0.25, -0.2) is 0 Å². The number of nitrogens with one attached hydrogen (secondary N) is 2. The van der Waals surface area contributed by atoms with Crippen LogP contribution in [0.4, 0.5) is 23.3 Å². The Labute approximate surface area is 176 Å². The third kappa shape index (κ3) is 4.33. The molecule has 1 amide bonds. The van der Waals surface area contributed by atoms with E-state index in [1.165, 1.54) is 37.1 Å². The van der Waals surface area contributed by atoms with Crippen molar-refractivity contribution in [2.45, 2.75) is 51.2 Å². The minimum atomic E-state index is -0.0558. The maximum Gasteiger partial charge on any atom is 0.226 e. The van der Waals surface area contributed by atoms with Crippen LogP contribution in [0.1, 0.15) is 43.2 Å². The summed E-state index contributed by atoms with van der Waals surface area (Å²) in [6.07, 6.45) is 5.25. The van der Waals surface area contributed by atoms with Gasteiger partial charge in [-0.2, -0.15) is 9.97 Å². The standard InChI is InChI=1S/C22H29N7O/c23-20-19-21(27-22(26-20)24-17-6-7-17)29(11-8-18(30)25-19)14-16-5-3-4-15(12-16)13-28-9-1-2-10-28/h3-5,12,17H,1-2,6-11,13-14H2,(H,25,30)(H3,23,24,26,27). The van der Waals surface area contributed by atoms with Gasteiger partial charge in [0.05, 0.1) is 0 Å². The van der Waals surface area contributed by atoms with Gasteiger partial charge in [0.1, 0.15) is 5.69 Å². The molecule has 0 radical (unpaired) electrons. The second-order valence-corrected chi connectivity index (χ2v) is 8.57. The molecule has 2 fully saturated rings. The highest BCUT2D eigenvalue weighted by Crippen LogP contribution is 2.34. The Morgan fingerprint density at radius 3 is 2.63 bits per heavy atom. The second kappa shape index (κ2) is 8.10. The molecule has 1 aromatic carbocycles. The number of hydrogen-bond acceptors (Lipinski definition) is 7. The summed E-state index contributed by atoms with van der Waals surface area (Å²) >= 11 is 0. The number of rotatable bonds is 6.